The van der Waals surface area contributed by atoms with Gasteiger partial charge in [-0.1, -0.05) is 49.1 Å². The number of thioether (sulfide) groups is 1. The number of sulfone groups is 1. The second-order valence-electron chi connectivity index (χ2n) is 6.91. The highest BCUT2D eigenvalue weighted by molar-refractivity contribution is 8.01. The molecule has 14 heteroatoms. The third kappa shape index (κ3) is 7.68. The van der Waals surface area contributed by atoms with E-state index in [9.17, 15) is 26.4 Å². The molecule has 0 saturated heterocycles. The molecule has 0 unspecified atom stereocenters. The van der Waals surface area contributed by atoms with Gasteiger partial charge >= 0.3 is 18.2 Å². The maximum Gasteiger partial charge on any atom is 0.490 e. The number of hydrogen-bond donors (Lipinski definition) is 3. The second kappa shape index (κ2) is 12.1. The van der Waals surface area contributed by atoms with E-state index in [0.29, 0.717) is 4.21 Å². The molecule has 0 atom stereocenters. The Morgan fingerprint density at radius 1 is 1.08 bits per heavy atom. The van der Waals surface area contributed by atoms with Crippen LogP contribution < -0.4 is 5.73 Å². The summed E-state index contributed by atoms with van der Waals surface area (Å²) in [7, 11) is -3.85. The molecule has 0 fully saturated rings. The van der Waals surface area contributed by atoms with Crippen LogP contribution in [0.2, 0.25) is 0 Å². The van der Waals surface area contributed by atoms with Crippen molar-refractivity contribution in [3.8, 4) is 11.1 Å². The van der Waals surface area contributed by atoms with Crippen LogP contribution in [-0.2, 0) is 14.6 Å². The summed E-state index contributed by atoms with van der Waals surface area (Å²) in [4.78, 5) is 23.5. The van der Waals surface area contributed by atoms with Gasteiger partial charge in [0, 0.05) is 0 Å². The van der Waals surface area contributed by atoms with E-state index in [2.05, 4.69) is 11.6 Å². The molecule has 0 aliphatic carbocycles. The third-order valence-corrected chi connectivity index (χ3v) is 8.80. The lowest BCUT2D eigenvalue weighted by atomic mass is 10.0. The van der Waals surface area contributed by atoms with Crippen LogP contribution in [0.3, 0.4) is 0 Å². The van der Waals surface area contributed by atoms with E-state index < -0.39 is 28.1 Å². The fourth-order valence-corrected chi connectivity index (χ4v) is 6.70. The van der Waals surface area contributed by atoms with Crippen LogP contribution in [0.25, 0.3) is 17.2 Å². The van der Waals surface area contributed by atoms with Crippen LogP contribution in [-0.4, -0.2) is 49.0 Å². The molecule has 0 saturated carbocycles. The molecule has 196 valence electrons. The first-order valence-electron chi connectivity index (χ1n) is 9.84. The first kappa shape index (κ1) is 29.6. The number of carboxylic acids is 1. The summed E-state index contributed by atoms with van der Waals surface area (Å²) in [5, 5.41) is 15.9. The average Bonchev–Trinajstić information content (AvgIpc) is 3.29. The standard InChI is InChI=1S/C21H18N2O4S3.C2HF3O2/c1-3-13-7-9-14(10-8-13)15-5-4-6-16(11-15)30(26,27)18-12-17(29-20(18)28-2)19(22)23-21(24)25;3-2(4,5)1(6)7/h3-12H,1H2,2H3,(H2,22,23)(H,24,25);(H,6,7). The highest BCUT2D eigenvalue weighted by Gasteiger charge is 2.38. The van der Waals surface area contributed by atoms with Crippen LogP contribution >= 0.6 is 23.1 Å². The summed E-state index contributed by atoms with van der Waals surface area (Å²) in [6.07, 6.45) is -3.04. The summed E-state index contributed by atoms with van der Waals surface area (Å²) >= 11 is 2.34. The molecule has 1 heterocycles. The summed E-state index contributed by atoms with van der Waals surface area (Å²) < 4.78 is 58.9. The predicted molar refractivity (Wildman–Crippen MR) is 136 cm³/mol. The number of aliphatic carboxylic acids is 1. The summed E-state index contributed by atoms with van der Waals surface area (Å²) in [5.41, 5.74) is 8.32. The van der Waals surface area contributed by atoms with Gasteiger partial charge in [-0.25, -0.2) is 18.0 Å². The molecule has 3 rings (SSSR count). The molecule has 3 aromatic rings. The monoisotopic (exact) mass is 572 g/mol. The van der Waals surface area contributed by atoms with Gasteiger partial charge in [-0.15, -0.1) is 23.1 Å². The molecule has 0 aliphatic rings. The van der Waals surface area contributed by atoms with Gasteiger partial charge in [0.15, 0.2) is 0 Å². The topological polar surface area (TPSA) is 147 Å². The lowest BCUT2D eigenvalue weighted by Crippen LogP contribution is -2.21. The number of thiophene rings is 1. The smallest absolute Gasteiger partial charge is 0.475 e. The van der Waals surface area contributed by atoms with Crippen LogP contribution in [0.1, 0.15) is 10.4 Å². The Morgan fingerprint density at radius 3 is 2.16 bits per heavy atom. The number of carboxylic acid groups (broad SMARTS) is 2. The Hall–Kier alpha value is -3.62. The van der Waals surface area contributed by atoms with E-state index in [1.807, 2.05) is 30.3 Å². The molecule has 1 amide bonds. The van der Waals surface area contributed by atoms with Crippen molar-refractivity contribution in [1.82, 2.24) is 0 Å². The minimum absolute atomic E-state index is 0.0812. The normalized spacial score (nSPS) is 11.8. The average molecular weight is 573 g/mol. The number of halogens is 3. The number of nitrogens with two attached hydrogens (primary N) is 1. The molecule has 8 nitrogen and oxygen atoms in total. The zero-order valence-corrected chi connectivity index (χ0v) is 21.3. The van der Waals surface area contributed by atoms with Gasteiger partial charge < -0.3 is 15.9 Å². The van der Waals surface area contributed by atoms with E-state index in [0.717, 1.165) is 28.0 Å². The molecular weight excluding hydrogens is 553 g/mol. The van der Waals surface area contributed by atoms with Crippen LogP contribution in [0.15, 0.2) is 80.2 Å². The highest BCUT2D eigenvalue weighted by atomic mass is 32.2. The number of nitrogens with zero attached hydrogens (tertiary/aromatic N) is 1. The number of benzene rings is 2. The zero-order chi connectivity index (χ0) is 28.0. The molecule has 37 heavy (non-hydrogen) atoms. The van der Waals surface area contributed by atoms with Crippen molar-refractivity contribution in [2.45, 2.75) is 20.2 Å². The van der Waals surface area contributed by atoms with E-state index in [1.165, 1.54) is 23.9 Å². The quantitative estimate of drug-likeness (QED) is 0.196. The van der Waals surface area contributed by atoms with E-state index >= 15 is 0 Å². The Balaban J connectivity index is 0.000000604. The van der Waals surface area contributed by atoms with Gasteiger partial charge in [0.25, 0.3) is 0 Å². The molecule has 4 N–H and O–H groups in total. The van der Waals surface area contributed by atoms with Crippen molar-refractivity contribution < 1.29 is 41.4 Å². The molecule has 2 aromatic carbocycles. The largest absolute Gasteiger partial charge is 0.490 e. The van der Waals surface area contributed by atoms with Crippen LogP contribution in [0.5, 0.6) is 0 Å². The molecule has 0 spiro atoms. The minimum atomic E-state index is -5.08. The van der Waals surface area contributed by atoms with E-state index in [-0.39, 0.29) is 20.5 Å². The molecule has 0 radical (unpaired) electrons. The fraction of sp³-hybridized carbons (Fsp3) is 0.0870. The lowest BCUT2D eigenvalue weighted by Gasteiger charge is -2.08. The number of carbonyl (C=O) groups is 2. The molecule has 0 bridgehead atoms. The van der Waals surface area contributed by atoms with Crippen molar-refractivity contribution in [2.24, 2.45) is 10.7 Å². The SMILES string of the molecule is C=Cc1ccc(-c2cccc(S(=O)(=O)c3cc(C(N)=NC(=O)O)sc3SC)c2)cc1.O=C(O)C(F)(F)F. The van der Waals surface area contributed by atoms with Crippen LogP contribution in [0, 0.1) is 0 Å². The molecule has 1 aromatic heterocycles. The van der Waals surface area contributed by atoms with Gasteiger partial charge in [0.1, 0.15) is 5.84 Å². The van der Waals surface area contributed by atoms with Crippen molar-refractivity contribution in [3.05, 3.63) is 71.6 Å². The third-order valence-electron chi connectivity index (χ3n) is 4.48. The summed E-state index contributed by atoms with van der Waals surface area (Å²) in [6, 6.07) is 15.7. The van der Waals surface area contributed by atoms with Gasteiger partial charge in [0.2, 0.25) is 9.84 Å². The minimum Gasteiger partial charge on any atom is -0.475 e. The number of aliphatic imine (C=N–C) groups is 1. The summed E-state index contributed by atoms with van der Waals surface area (Å²) in [6.45, 7) is 3.73. The van der Waals surface area contributed by atoms with Crippen molar-refractivity contribution in [2.75, 3.05) is 6.26 Å². The number of amidine groups is 1. The van der Waals surface area contributed by atoms with E-state index in [1.54, 1.807) is 24.5 Å². The van der Waals surface area contributed by atoms with Gasteiger partial charge in [0.05, 0.1) is 18.9 Å². The predicted octanol–water partition coefficient (Wildman–Crippen LogP) is 5.63. The van der Waals surface area contributed by atoms with Gasteiger partial charge in [-0.2, -0.15) is 18.2 Å². The van der Waals surface area contributed by atoms with E-state index in [4.69, 9.17) is 20.7 Å². The van der Waals surface area contributed by atoms with Gasteiger partial charge in [-0.05, 0) is 41.1 Å². The fourth-order valence-electron chi connectivity index (χ4n) is 2.75. The highest BCUT2D eigenvalue weighted by Crippen LogP contribution is 2.37. The first-order chi connectivity index (χ1) is 17.2. The van der Waals surface area contributed by atoms with Crippen molar-refractivity contribution in [3.63, 3.8) is 0 Å². The maximum absolute atomic E-state index is 13.3. The Labute approximate surface area is 217 Å². The zero-order valence-electron chi connectivity index (χ0n) is 18.9. The Kier molecular flexibility index (Phi) is 9.67. The second-order valence-corrected chi connectivity index (χ2v) is 11.0. The van der Waals surface area contributed by atoms with Crippen molar-refractivity contribution >= 4 is 56.9 Å². The lowest BCUT2D eigenvalue weighted by molar-refractivity contribution is -0.192. The number of amides is 1. The molecule has 0 aliphatic heterocycles. The first-order valence-corrected chi connectivity index (χ1v) is 13.4. The number of rotatable bonds is 6. The Bertz CT molecular complexity index is 1450. The maximum atomic E-state index is 13.3. The van der Waals surface area contributed by atoms with Crippen LogP contribution in [0.4, 0.5) is 18.0 Å². The summed E-state index contributed by atoms with van der Waals surface area (Å²) in [5.74, 6) is -2.99. The number of hydrogen-bond acceptors (Lipinski definition) is 6. The number of alkyl halides is 3. The molecular formula is C23H19F3N2O6S3. The van der Waals surface area contributed by atoms with Gasteiger partial charge in [-0.3, -0.25) is 0 Å². The van der Waals surface area contributed by atoms with Crippen molar-refractivity contribution in [1.29, 1.82) is 0 Å². The Morgan fingerprint density at radius 2 is 1.68 bits per heavy atom.